The molecule has 18 heavy (non-hydrogen) atoms. The highest BCUT2D eigenvalue weighted by Crippen LogP contribution is 2.17. The molecule has 4 heteroatoms. The third-order valence-corrected chi connectivity index (χ3v) is 2.54. The number of carboxylic acid groups (broad SMARTS) is 1. The Kier molecular flexibility index (Phi) is 3.57. The number of aliphatic carboxylic acids is 1. The van der Waals surface area contributed by atoms with E-state index in [0.29, 0.717) is 5.75 Å². The molecule has 1 N–H and O–H groups in total. The Morgan fingerprint density at radius 3 is 3.00 bits per heavy atom. The van der Waals surface area contributed by atoms with Crippen LogP contribution in [0.4, 0.5) is 0 Å². The molecule has 92 valence electrons. The van der Waals surface area contributed by atoms with Gasteiger partial charge in [-0.25, -0.2) is 4.79 Å². The van der Waals surface area contributed by atoms with E-state index in [9.17, 15) is 4.79 Å². The van der Waals surface area contributed by atoms with Crippen molar-refractivity contribution < 1.29 is 14.6 Å². The second-order valence-electron chi connectivity index (χ2n) is 3.87. The van der Waals surface area contributed by atoms with Crippen LogP contribution in [0.25, 0.3) is 10.9 Å². The quantitative estimate of drug-likeness (QED) is 0.838. The molecule has 0 aliphatic carbocycles. The van der Waals surface area contributed by atoms with Gasteiger partial charge in [0.05, 0.1) is 11.7 Å². The van der Waals surface area contributed by atoms with Crippen LogP contribution in [0.2, 0.25) is 0 Å². The lowest BCUT2D eigenvalue weighted by molar-refractivity contribution is -0.132. The minimum atomic E-state index is -0.935. The molecule has 0 aliphatic rings. The van der Waals surface area contributed by atoms with Crippen LogP contribution in [0, 0.1) is 0 Å². The molecule has 0 radical (unpaired) electrons. The molecule has 4 nitrogen and oxygen atoms in total. The molecule has 2 aromatic rings. The number of aromatic nitrogens is 1. The fourth-order valence-electron chi connectivity index (χ4n) is 1.48. The number of pyridine rings is 1. The standard InChI is InChI=1S/C14H13NO3/c1-10(14(16)17)6-7-18-12-8-11-4-2-3-5-13(11)15-9-12/h2-6,8-9H,7H2,1H3,(H,16,17)/b10-6-. The zero-order valence-corrected chi connectivity index (χ0v) is 9.96. The van der Waals surface area contributed by atoms with Crippen LogP contribution in [-0.4, -0.2) is 22.7 Å². The third kappa shape index (κ3) is 2.85. The van der Waals surface area contributed by atoms with Crippen molar-refractivity contribution >= 4 is 16.9 Å². The molecule has 0 spiro atoms. The van der Waals surface area contributed by atoms with E-state index in [1.54, 1.807) is 6.20 Å². The Morgan fingerprint density at radius 2 is 2.22 bits per heavy atom. The number of nitrogens with zero attached hydrogens (tertiary/aromatic N) is 1. The van der Waals surface area contributed by atoms with E-state index in [-0.39, 0.29) is 12.2 Å². The predicted octanol–water partition coefficient (Wildman–Crippen LogP) is 2.64. The molecule has 1 aromatic carbocycles. The number of carboxylic acids is 1. The Morgan fingerprint density at radius 1 is 1.44 bits per heavy atom. The SMILES string of the molecule is C/C(=C/COc1cnc2ccccc2c1)C(=O)O. The van der Waals surface area contributed by atoms with Gasteiger partial charge in [0.15, 0.2) is 0 Å². The summed E-state index contributed by atoms with van der Waals surface area (Å²) in [7, 11) is 0. The maximum Gasteiger partial charge on any atom is 0.331 e. The van der Waals surface area contributed by atoms with Crippen LogP contribution in [-0.2, 0) is 4.79 Å². The number of fused-ring (bicyclic) bond motifs is 1. The number of carbonyl (C=O) groups is 1. The zero-order chi connectivity index (χ0) is 13.0. The van der Waals surface area contributed by atoms with E-state index in [1.807, 2.05) is 30.3 Å². The Balaban J connectivity index is 2.08. The first-order valence-corrected chi connectivity index (χ1v) is 5.54. The largest absolute Gasteiger partial charge is 0.488 e. The van der Waals surface area contributed by atoms with Gasteiger partial charge in [-0.05, 0) is 25.1 Å². The highest BCUT2D eigenvalue weighted by atomic mass is 16.5. The van der Waals surface area contributed by atoms with Gasteiger partial charge in [-0.1, -0.05) is 18.2 Å². The Bertz CT molecular complexity index is 605. The van der Waals surface area contributed by atoms with E-state index in [4.69, 9.17) is 9.84 Å². The molecule has 0 saturated carbocycles. The number of rotatable bonds is 4. The Hall–Kier alpha value is -2.36. The van der Waals surface area contributed by atoms with Gasteiger partial charge >= 0.3 is 5.97 Å². The van der Waals surface area contributed by atoms with Crippen molar-refractivity contribution in [3.8, 4) is 5.75 Å². The van der Waals surface area contributed by atoms with Crippen molar-refractivity contribution in [2.24, 2.45) is 0 Å². The van der Waals surface area contributed by atoms with Crippen molar-refractivity contribution in [1.29, 1.82) is 0 Å². The van der Waals surface area contributed by atoms with Crippen molar-refractivity contribution in [3.05, 3.63) is 48.2 Å². The highest BCUT2D eigenvalue weighted by Gasteiger charge is 2.00. The van der Waals surface area contributed by atoms with Crippen molar-refractivity contribution in [3.63, 3.8) is 0 Å². The van der Waals surface area contributed by atoms with Gasteiger partial charge in [0.1, 0.15) is 12.4 Å². The summed E-state index contributed by atoms with van der Waals surface area (Å²) in [6.07, 6.45) is 3.16. The van der Waals surface area contributed by atoms with Gasteiger partial charge in [0, 0.05) is 11.0 Å². The van der Waals surface area contributed by atoms with Gasteiger partial charge in [-0.3, -0.25) is 4.98 Å². The smallest absolute Gasteiger partial charge is 0.331 e. The molecule has 1 aromatic heterocycles. The lowest BCUT2D eigenvalue weighted by Crippen LogP contribution is -2.00. The molecular formula is C14H13NO3. The minimum absolute atomic E-state index is 0.220. The molecule has 0 bridgehead atoms. The first-order valence-electron chi connectivity index (χ1n) is 5.54. The molecule has 2 rings (SSSR count). The van der Waals surface area contributed by atoms with E-state index in [0.717, 1.165) is 10.9 Å². The summed E-state index contributed by atoms with van der Waals surface area (Å²) in [6.45, 7) is 1.75. The average molecular weight is 243 g/mol. The number of hydrogen-bond acceptors (Lipinski definition) is 3. The van der Waals surface area contributed by atoms with Crippen LogP contribution in [0.3, 0.4) is 0 Å². The lowest BCUT2D eigenvalue weighted by Gasteiger charge is -2.04. The number of para-hydroxylation sites is 1. The monoisotopic (exact) mass is 243 g/mol. The van der Waals surface area contributed by atoms with Crippen molar-refractivity contribution in [2.75, 3.05) is 6.61 Å². The molecule has 0 fully saturated rings. The topological polar surface area (TPSA) is 59.4 Å². The normalized spacial score (nSPS) is 11.5. The molecule has 0 saturated heterocycles. The average Bonchev–Trinajstić information content (AvgIpc) is 2.38. The summed E-state index contributed by atoms with van der Waals surface area (Å²) in [4.78, 5) is 14.8. The summed E-state index contributed by atoms with van der Waals surface area (Å²) >= 11 is 0. The summed E-state index contributed by atoms with van der Waals surface area (Å²) < 4.78 is 5.43. The first kappa shape index (κ1) is 12.1. The highest BCUT2D eigenvalue weighted by molar-refractivity contribution is 5.85. The number of hydrogen-bond donors (Lipinski definition) is 1. The third-order valence-electron chi connectivity index (χ3n) is 2.54. The van der Waals surface area contributed by atoms with Crippen LogP contribution in [0.1, 0.15) is 6.92 Å². The van der Waals surface area contributed by atoms with Crippen molar-refractivity contribution in [2.45, 2.75) is 6.92 Å². The molecular weight excluding hydrogens is 230 g/mol. The molecule has 1 heterocycles. The van der Waals surface area contributed by atoms with E-state index in [1.165, 1.54) is 13.0 Å². The van der Waals surface area contributed by atoms with Gasteiger partial charge < -0.3 is 9.84 Å². The maximum atomic E-state index is 10.6. The zero-order valence-electron chi connectivity index (χ0n) is 9.96. The van der Waals surface area contributed by atoms with Crippen molar-refractivity contribution in [1.82, 2.24) is 4.98 Å². The van der Waals surface area contributed by atoms with E-state index < -0.39 is 5.97 Å². The molecule has 0 atom stereocenters. The van der Waals surface area contributed by atoms with Crippen LogP contribution >= 0.6 is 0 Å². The minimum Gasteiger partial charge on any atom is -0.488 e. The maximum absolute atomic E-state index is 10.6. The van der Waals surface area contributed by atoms with E-state index in [2.05, 4.69) is 4.98 Å². The van der Waals surface area contributed by atoms with E-state index >= 15 is 0 Å². The van der Waals surface area contributed by atoms with Gasteiger partial charge in [-0.2, -0.15) is 0 Å². The molecule has 0 aliphatic heterocycles. The van der Waals surface area contributed by atoms with Crippen LogP contribution in [0.15, 0.2) is 48.2 Å². The predicted molar refractivity (Wildman–Crippen MR) is 68.6 cm³/mol. The summed E-state index contributed by atoms with van der Waals surface area (Å²) in [6, 6.07) is 9.62. The second kappa shape index (κ2) is 5.31. The lowest BCUT2D eigenvalue weighted by atomic mass is 10.2. The molecule has 0 unspecified atom stereocenters. The van der Waals surface area contributed by atoms with Crippen LogP contribution < -0.4 is 4.74 Å². The number of benzene rings is 1. The summed E-state index contributed by atoms with van der Waals surface area (Å²) in [5.41, 5.74) is 1.17. The summed E-state index contributed by atoms with van der Waals surface area (Å²) in [5, 5.41) is 9.68. The molecule has 0 amide bonds. The fraction of sp³-hybridized carbons (Fsp3) is 0.143. The van der Waals surface area contributed by atoms with Crippen LogP contribution in [0.5, 0.6) is 5.75 Å². The van der Waals surface area contributed by atoms with Gasteiger partial charge in [0.2, 0.25) is 0 Å². The summed E-state index contributed by atoms with van der Waals surface area (Å²) in [5.74, 6) is -0.307. The first-order chi connectivity index (χ1) is 8.66. The van der Waals surface area contributed by atoms with Gasteiger partial charge in [-0.15, -0.1) is 0 Å². The fourth-order valence-corrected chi connectivity index (χ4v) is 1.48. The Labute approximate surface area is 105 Å². The number of ether oxygens (including phenoxy) is 1. The second-order valence-corrected chi connectivity index (χ2v) is 3.87. The van der Waals surface area contributed by atoms with Gasteiger partial charge in [0.25, 0.3) is 0 Å².